The molecule has 1 fully saturated rings. The predicted molar refractivity (Wildman–Crippen MR) is 133 cm³/mol. The molecule has 2 rings (SSSR count). The van der Waals surface area contributed by atoms with E-state index < -0.39 is 0 Å². The molecular formula is C28H44AlO2. The lowest BCUT2D eigenvalue weighted by Crippen LogP contribution is -2.43. The van der Waals surface area contributed by atoms with Crippen molar-refractivity contribution in [3.8, 4) is 0 Å². The van der Waals surface area contributed by atoms with Crippen LogP contribution < -0.4 is 0 Å². The van der Waals surface area contributed by atoms with Crippen molar-refractivity contribution >= 4 is 21.2 Å². The molecule has 1 radical (unpaired) electrons. The monoisotopic (exact) mass is 439 g/mol. The first-order valence-electron chi connectivity index (χ1n) is 12.3. The smallest absolute Gasteiger partial charge is 0.315 e. The summed E-state index contributed by atoms with van der Waals surface area (Å²) in [7, 11) is 0. The van der Waals surface area contributed by atoms with Gasteiger partial charge in [0.25, 0.3) is 15.2 Å². The van der Waals surface area contributed by atoms with E-state index in [2.05, 4.69) is 85.4 Å². The van der Waals surface area contributed by atoms with Crippen LogP contribution in [0.15, 0.2) is 41.3 Å². The van der Waals surface area contributed by atoms with E-state index in [1.54, 1.807) is 0 Å². The molecule has 0 aliphatic heterocycles. The number of carbonyl (C=O) groups is 1. The van der Waals surface area contributed by atoms with Gasteiger partial charge in [-0.15, -0.1) is 6.58 Å². The zero-order valence-electron chi connectivity index (χ0n) is 21.0. The second-order valence-corrected chi connectivity index (χ2v) is 13.2. The maximum atomic E-state index is 13.1. The Morgan fingerprint density at radius 2 is 1.68 bits per heavy atom. The lowest BCUT2D eigenvalue weighted by molar-refractivity contribution is -0.151. The van der Waals surface area contributed by atoms with Gasteiger partial charge in [0.1, 0.15) is 6.10 Å². The molecule has 0 spiro atoms. The number of hydrogen-bond acceptors (Lipinski definition) is 2. The van der Waals surface area contributed by atoms with Crippen molar-refractivity contribution in [2.45, 2.75) is 96.9 Å². The van der Waals surface area contributed by atoms with E-state index in [4.69, 9.17) is 4.74 Å². The highest BCUT2D eigenvalue weighted by molar-refractivity contribution is 6.54. The van der Waals surface area contributed by atoms with Crippen molar-refractivity contribution in [1.82, 2.24) is 0 Å². The summed E-state index contributed by atoms with van der Waals surface area (Å²) in [6.07, 6.45) is 5.57. The SMILES string of the molecule is C=[C]([Al][CH](CC(C)C)CC(C)C)C(=O)O[C@@H]1C[C@H](C)CC[C@H]1C(C)(C)c1ccccc1. The Balaban J connectivity index is 2.11. The molecule has 1 aliphatic carbocycles. The number of carbonyl (C=O) groups excluding carboxylic acids is 1. The van der Waals surface area contributed by atoms with Crippen molar-refractivity contribution < 1.29 is 9.53 Å². The fourth-order valence-corrected chi connectivity index (χ4v) is 7.51. The highest BCUT2D eigenvalue weighted by atomic mass is 27.1. The number of ether oxygens (including phenoxy) is 1. The molecule has 0 heterocycles. The molecule has 1 aromatic rings. The zero-order valence-corrected chi connectivity index (χ0v) is 22.1. The maximum absolute atomic E-state index is 13.1. The second-order valence-electron chi connectivity index (χ2n) is 11.3. The van der Waals surface area contributed by atoms with Crippen LogP contribution in [-0.2, 0) is 14.9 Å². The Kier molecular flexibility index (Phi) is 9.91. The number of esters is 1. The third-order valence-corrected chi connectivity index (χ3v) is 8.66. The number of hydrogen-bond donors (Lipinski definition) is 0. The van der Waals surface area contributed by atoms with Gasteiger partial charge in [-0.25, -0.2) is 4.79 Å². The van der Waals surface area contributed by atoms with Crippen LogP contribution in [0, 0.1) is 23.7 Å². The Morgan fingerprint density at radius 1 is 1.10 bits per heavy atom. The largest absolute Gasteiger partial charge is 0.460 e. The molecule has 3 heteroatoms. The highest BCUT2D eigenvalue weighted by Crippen LogP contribution is 2.43. The summed E-state index contributed by atoms with van der Waals surface area (Å²) in [4.78, 5) is 13.1. The zero-order chi connectivity index (χ0) is 23.2. The van der Waals surface area contributed by atoms with Gasteiger partial charge < -0.3 is 4.74 Å². The average Bonchev–Trinajstić information content (AvgIpc) is 2.67. The number of benzene rings is 1. The van der Waals surface area contributed by atoms with Crippen LogP contribution in [0.5, 0.6) is 0 Å². The minimum absolute atomic E-state index is 0.0294. The minimum atomic E-state index is -0.138. The lowest BCUT2D eigenvalue weighted by atomic mass is 9.64. The molecule has 0 bridgehead atoms. The van der Waals surface area contributed by atoms with Crippen LogP contribution in [-0.4, -0.2) is 27.3 Å². The minimum Gasteiger partial charge on any atom is -0.460 e. The Labute approximate surface area is 197 Å². The summed E-state index contributed by atoms with van der Waals surface area (Å²) in [5.74, 6) is 2.09. The molecule has 0 saturated heterocycles. The fraction of sp³-hybridized carbons (Fsp3) is 0.679. The molecule has 31 heavy (non-hydrogen) atoms. The molecule has 171 valence electrons. The van der Waals surface area contributed by atoms with E-state index in [0.717, 1.165) is 17.3 Å². The maximum Gasteiger partial charge on any atom is 0.315 e. The van der Waals surface area contributed by atoms with E-state index in [0.29, 0.717) is 28.5 Å². The van der Waals surface area contributed by atoms with E-state index >= 15 is 0 Å². The van der Waals surface area contributed by atoms with Crippen molar-refractivity contribution in [2.75, 3.05) is 0 Å². The third-order valence-electron chi connectivity index (χ3n) is 7.00. The summed E-state index contributed by atoms with van der Waals surface area (Å²) in [6.45, 7) is 20.2. The topological polar surface area (TPSA) is 26.3 Å². The first kappa shape index (κ1) is 26.2. The molecule has 0 unspecified atom stereocenters. The molecule has 3 atom stereocenters. The molecule has 1 aliphatic rings. The summed E-state index contributed by atoms with van der Waals surface area (Å²) >= 11 is -0.127. The fourth-order valence-electron chi connectivity index (χ4n) is 5.38. The van der Waals surface area contributed by atoms with Gasteiger partial charge in [-0.2, -0.15) is 0 Å². The lowest BCUT2D eigenvalue weighted by Gasteiger charge is -2.44. The van der Waals surface area contributed by atoms with Gasteiger partial charge in [-0.3, -0.25) is 0 Å². The summed E-state index contributed by atoms with van der Waals surface area (Å²) < 4.78 is 7.56. The molecular weight excluding hydrogens is 395 g/mol. The molecule has 0 N–H and O–H groups in total. The number of rotatable bonds is 10. The van der Waals surface area contributed by atoms with Gasteiger partial charge in [-0.1, -0.05) is 103 Å². The molecule has 1 saturated carbocycles. The van der Waals surface area contributed by atoms with Gasteiger partial charge in [0.15, 0.2) is 0 Å². The van der Waals surface area contributed by atoms with Gasteiger partial charge in [0.05, 0.1) is 0 Å². The van der Waals surface area contributed by atoms with Crippen LogP contribution in [0.25, 0.3) is 0 Å². The predicted octanol–water partition coefficient (Wildman–Crippen LogP) is 7.41. The Hall–Kier alpha value is -1.04. The van der Waals surface area contributed by atoms with Crippen LogP contribution in [0.3, 0.4) is 0 Å². The van der Waals surface area contributed by atoms with Crippen LogP contribution in [0.4, 0.5) is 0 Å². The van der Waals surface area contributed by atoms with Crippen molar-refractivity contribution in [1.29, 1.82) is 0 Å². The summed E-state index contributed by atoms with van der Waals surface area (Å²) in [5.41, 5.74) is 1.30. The first-order chi connectivity index (χ1) is 14.5. The van der Waals surface area contributed by atoms with Crippen molar-refractivity contribution in [2.24, 2.45) is 23.7 Å². The van der Waals surface area contributed by atoms with Crippen LogP contribution in [0.1, 0.15) is 86.1 Å². The molecule has 0 aromatic heterocycles. The Morgan fingerprint density at radius 3 is 2.23 bits per heavy atom. The van der Waals surface area contributed by atoms with E-state index in [1.165, 1.54) is 24.8 Å². The van der Waals surface area contributed by atoms with Gasteiger partial charge in [0, 0.05) is 5.92 Å². The van der Waals surface area contributed by atoms with Crippen molar-refractivity contribution in [3.63, 3.8) is 0 Å². The third kappa shape index (κ3) is 7.80. The van der Waals surface area contributed by atoms with Gasteiger partial charge >= 0.3 is 5.97 Å². The van der Waals surface area contributed by atoms with E-state index in [1.807, 2.05) is 0 Å². The molecule has 2 nitrogen and oxygen atoms in total. The first-order valence-corrected chi connectivity index (χ1v) is 13.5. The normalized spacial score (nSPS) is 22.1. The van der Waals surface area contributed by atoms with Gasteiger partial charge in [-0.05, 0) is 46.0 Å². The quantitative estimate of drug-likeness (QED) is 0.215. The second kappa shape index (κ2) is 11.7. The average molecular weight is 440 g/mol. The molecule has 1 aromatic carbocycles. The highest BCUT2D eigenvalue weighted by Gasteiger charge is 2.42. The summed E-state index contributed by atoms with van der Waals surface area (Å²) in [5, 5.41) is 0. The Bertz CT molecular complexity index is 697. The van der Waals surface area contributed by atoms with Crippen molar-refractivity contribution in [3.05, 3.63) is 46.9 Å². The van der Waals surface area contributed by atoms with E-state index in [9.17, 15) is 4.79 Å². The van der Waals surface area contributed by atoms with Crippen LogP contribution >= 0.6 is 0 Å². The van der Waals surface area contributed by atoms with E-state index in [-0.39, 0.29) is 32.7 Å². The molecule has 0 amide bonds. The van der Waals surface area contributed by atoms with Gasteiger partial charge in [0.2, 0.25) is 0 Å². The summed E-state index contributed by atoms with van der Waals surface area (Å²) in [6, 6.07) is 10.7. The van der Waals surface area contributed by atoms with Crippen LogP contribution in [0.2, 0.25) is 4.78 Å². The standard InChI is InChI=1S/C19H25O2.C9H19.Al/c1-5-18(20)21-17-13-14(2)11-12-16(17)19(3,4)15-9-7-6-8-10-15;1-8(2)6-5-7-9(3)4;/h6-10,14,16-17H,1,11-13H2,2-4H3;5,8-9H,6-7H2,1-4H3;/t14-,16-,17-;;/m1../s1.